The zero-order chi connectivity index (χ0) is 21.3. The van der Waals surface area contributed by atoms with Crippen LogP contribution in [0.15, 0.2) is 35.5 Å². The summed E-state index contributed by atoms with van der Waals surface area (Å²) in [6.07, 6.45) is 4.23. The van der Waals surface area contributed by atoms with Crippen molar-refractivity contribution in [1.29, 1.82) is 0 Å². The Morgan fingerprint density at radius 1 is 1.27 bits per heavy atom. The molecule has 0 radical (unpaired) electrons. The lowest BCUT2D eigenvalue weighted by molar-refractivity contribution is 0.0858. The topological polar surface area (TPSA) is 67.4 Å². The highest BCUT2D eigenvalue weighted by Crippen LogP contribution is 2.23. The van der Waals surface area contributed by atoms with Gasteiger partial charge in [0.05, 0.1) is 6.10 Å². The maximum atomic E-state index is 12.3. The molecule has 30 heavy (non-hydrogen) atoms. The monoisotopic (exact) mass is 428 g/mol. The van der Waals surface area contributed by atoms with Crippen LogP contribution in [-0.4, -0.2) is 48.7 Å². The van der Waals surface area contributed by atoms with E-state index in [4.69, 9.17) is 9.72 Å². The Morgan fingerprint density at radius 3 is 2.73 bits per heavy atom. The molecule has 3 rings (SSSR count). The molecule has 2 heterocycles. The number of carbonyl (C=O) groups excluding carboxylic acids is 1. The van der Waals surface area contributed by atoms with Crippen molar-refractivity contribution in [2.24, 2.45) is 0 Å². The molecule has 2 aromatic rings. The third-order valence-electron chi connectivity index (χ3n) is 5.16. The minimum Gasteiger partial charge on any atom is -0.376 e. The number of nitrogens with one attached hydrogen (secondary N) is 1. The molecule has 6 nitrogen and oxygen atoms in total. The molecular weight excluding hydrogens is 396 g/mol. The van der Waals surface area contributed by atoms with Crippen LogP contribution < -0.4 is 10.2 Å². The Morgan fingerprint density at radius 2 is 2.07 bits per heavy atom. The van der Waals surface area contributed by atoms with Crippen LogP contribution >= 0.6 is 11.8 Å². The fraction of sp³-hybridized carbons (Fsp3) is 0.522. The van der Waals surface area contributed by atoms with E-state index in [1.807, 2.05) is 24.3 Å². The van der Waals surface area contributed by atoms with Crippen LogP contribution in [0.2, 0.25) is 0 Å². The molecule has 1 fully saturated rings. The first kappa shape index (κ1) is 22.6. The molecule has 0 saturated carbocycles. The first-order valence-corrected chi connectivity index (χ1v) is 11.8. The number of rotatable bonds is 10. The number of aromatic nitrogens is 2. The number of hydrogen-bond acceptors (Lipinski definition) is 6. The summed E-state index contributed by atoms with van der Waals surface area (Å²) in [5.74, 6) is 1.69. The molecule has 162 valence electrons. The molecule has 1 atom stereocenters. The van der Waals surface area contributed by atoms with E-state index in [9.17, 15) is 4.79 Å². The highest BCUT2D eigenvalue weighted by molar-refractivity contribution is 7.98. The van der Waals surface area contributed by atoms with Crippen molar-refractivity contribution < 1.29 is 9.53 Å². The molecule has 7 heteroatoms. The summed E-state index contributed by atoms with van der Waals surface area (Å²) in [7, 11) is 2.07. The Balaban J connectivity index is 1.56. The van der Waals surface area contributed by atoms with Crippen LogP contribution in [-0.2, 0) is 16.9 Å². The van der Waals surface area contributed by atoms with Gasteiger partial charge in [-0.25, -0.2) is 9.97 Å². The number of hydrogen-bond donors (Lipinski definition) is 1. The maximum absolute atomic E-state index is 12.3. The predicted octanol–water partition coefficient (Wildman–Crippen LogP) is 4.09. The second-order valence-corrected chi connectivity index (χ2v) is 8.55. The Hall–Kier alpha value is -2.12. The van der Waals surface area contributed by atoms with Gasteiger partial charge in [0.2, 0.25) is 0 Å². The number of anilines is 1. The van der Waals surface area contributed by atoms with Gasteiger partial charge in [-0.15, -0.1) is 0 Å². The fourth-order valence-corrected chi connectivity index (χ4v) is 4.19. The summed E-state index contributed by atoms with van der Waals surface area (Å²) in [6, 6.07) is 9.84. The first-order chi connectivity index (χ1) is 14.6. The number of thioether (sulfide) groups is 1. The van der Waals surface area contributed by atoms with E-state index < -0.39 is 0 Å². The molecule has 1 aromatic heterocycles. The van der Waals surface area contributed by atoms with E-state index in [-0.39, 0.29) is 12.0 Å². The summed E-state index contributed by atoms with van der Waals surface area (Å²) in [5.41, 5.74) is 2.88. The summed E-state index contributed by atoms with van der Waals surface area (Å²) in [6.45, 7) is 6.63. The Bertz CT molecular complexity index is 822. The van der Waals surface area contributed by atoms with E-state index in [2.05, 4.69) is 42.2 Å². The number of aryl methyl sites for hydroxylation is 1. The molecule has 0 aliphatic carbocycles. The van der Waals surface area contributed by atoms with Crippen LogP contribution in [0.3, 0.4) is 0 Å². The number of carbonyl (C=O) groups is 1. The van der Waals surface area contributed by atoms with Gasteiger partial charge in [-0.3, -0.25) is 4.79 Å². The lowest BCUT2D eigenvalue weighted by Gasteiger charge is -2.18. The smallest absolute Gasteiger partial charge is 0.251 e. The summed E-state index contributed by atoms with van der Waals surface area (Å²) >= 11 is 1.63. The van der Waals surface area contributed by atoms with E-state index in [0.29, 0.717) is 12.1 Å². The van der Waals surface area contributed by atoms with Gasteiger partial charge < -0.3 is 15.0 Å². The standard InChI is InChI=1S/C23H32N4O2S/c1-4-12-27(3)21-14-19(5-2)25-23(26-21)30-16-17-8-10-18(11-9-17)22(28)24-15-20-7-6-13-29-20/h8-11,14,20H,4-7,12-13,15-16H2,1-3H3,(H,24,28)/t20-/m1/s1. The lowest BCUT2D eigenvalue weighted by Crippen LogP contribution is -2.31. The van der Waals surface area contributed by atoms with E-state index in [1.54, 1.807) is 11.8 Å². The van der Waals surface area contributed by atoms with Crippen molar-refractivity contribution in [1.82, 2.24) is 15.3 Å². The number of ether oxygens (including phenoxy) is 1. The minimum absolute atomic E-state index is 0.0488. The van der Waals surface area contributed by atoms with Crippen molar-refractivity contribution in [2.75, 3.05) is 31.6 Å². The van der Waals surface area contributed by atoms with Crippen molar-refractivity contribution in [3.05, 3.63) is 47.2 Å². The lowest BCUT2D eigenvalue weighted by atomic mass is 10.1. The summed E-state index contributed by atoms with van der Waals surface area (Å²) < 4.78 is 5.55. The van der Waals surface area contributed by atoms with Crippen LogP contribution in [0, 0.1) is 0 Å². The third-order valence-corrected chi connectivity index (χ3v) is 6.07. The molecule has 1 aliphatic rings. The highest BCUT2D eigenvalue weighted by atomic mass is 32.2. The van der Waals surface area contributed by atoms with Crippen LogP contribution in [0.1, 0.15) is 54.7 Å². The van der Waals surface area contributed by atoms with Gasteiger partial charge in [-0.05, 0) is 43.4 Å². The van der Waals surface area contributed by atoms with E-state index in [0.717, 1.165) is 66.8 Å². The van der Waals surface area contributed by atoms with Gasteiger partial charge in [0, 0.05) is 49.8 Å². The van der Waals surface area contributed by atoms with Crippen molar-refractivity contribution >= 4 is 23.5 Å². The van der Waals surface area contributed by atoms with Gasteiger partial charge in [0.1, 0.15) is 5.82 Å². The first-order valence-electron chi connectivity index (χ1n) is 10.8. The quantitative estimate of drug-likeness (QED) is 0.454. The predicted molar refractivity (Wildman–Crippen MR) is 122 cm³/mol. The highest BCUT2D eigenvalue weighted by Gasteiger charge is 2.16. The maximum Gasteiger partial charge on any atom is 0.251 e. The molecule has 0 spiro atoms. The summed E-state index contributed by atoms with van der Waals surface area (Å²) in [5, 5.41) is 3.76. The van der Waals surface area contributed by atoms with Gasteiger partial charge in [-0.2, -0.15) is 0 Å². The van der Waals surface area contributed by atoms with Crippen molar-refractivity contribution in [3.8, 4) is 0 Å². The molecule has 1 amide bonds. The second-order valence-electron chi connectivity index (χ2n) is 7.61. The van der Waals surface area contributed by atoms with Crippen molar-refractivity contribution in [3.63, 3.8) is 0 Å². The molecule has 1 saturated heterocycles. The summed E-state index contributed by atoms with van der Waals surface area (Å²) in [4.78, 5) is 23.9. The zero-order valence-corrected chi connectivity index (χ0v) is 19.0. The SMILES string of the molecule is CCCN(C)c1cc(CC)nc(SCc2ccc(C(=O)NC[C@H]3CCCO3)cc2)n1. The third kappa shape index (κ3) is 6.44. The molecular formula is C23H32N4O2S. The van der Waals surface area contributed by atoms with Gasteiger partial charge in [0.15, 0.2) is 5.16 Å². The number of amides is 1. The normalized spacial score (nSPS) is 15.9. The molecule has 0 unspecified atom stereocenters. The van der Waals surface area contributed by atoms with Gasteiger partial charge >= 0.3 is 0 Å². The molecule has 1 N–H and O–H groups in total. The Kier molecular flexibility index (Phi) is 8.51. The van der Waals surface area contributed by atoms with E-state index in [1.165, 1.54) is 0 Å². The van der Waals surface area contributed by atoms with Crippen LogP contribution in [0.5, 0.6) is 0 Å². The largest absolute Gasteiger partial charge is 0.376 e. The van der Waals surface area contributed by atoms with Crippen molar-refractivity contribution in [2.45, 2.75) is 56.5 Å². The fourth-order valence-electron chi connectivity index (χ4n) is 3.36. The average Bonchev–Trinajstić information content (AvgIpc) is 3.30. The molecule has 1 aliphatic heterocycles. The van der Waals surface area contributed by atoms with Crippen LogP contribution in [0.25, 0.3) is 0 Å². The number of nitrogens with zero attached hydrogens (tertiary/aromatic N) is 3. The van der Waals surface area contributed by atoms with Gasteiger partial charge in [0.25, 0.3) is 5.91 Å². The second kappa shape index (κ2) is 11.3. The molecule has 0 bridgehead atoms. The zero-order valence-electron chi connectivity index (χ0n) is 18.2. The minimum atomic E-state index is -0.0488. The Labute approximate surface area is 183 Å². The van der Waals surface area contributed by atoms with Gasteiger partial charge in [-0.1, -0.05) is 37.7 Å². The average molecular weight is 429 g/mol. The van der Waals surface area contributed by atoms with Crippen LogP contribution in [0.4, 0.5) is 5.82 Å². The number of benzene rings is 1. The van der Waals surface area contributed by atoms with E-state index >= 15 is 0 Å². The molecule has 1 aromatic carbocycles.